The van der Waals surface area contributed by atoms with Crippen molar-refractivity contribution in [3.8, 4) is 0 Å². The number of carbonyl (C=O) groups excluding carboxylic acids is 1. The summed E-state index contributed by atoms with van der Waals surface area (Å²) in [5.41, 5.74) is 1.07. The van der Waals surface area contributed by atoms with Gasteiger partial charge in [-0.3, -0.25) is 4.90 Å². The van der Waals surface area contributed by atoms with Crippen molar-refractivity contribution in [2.24, 2.45) is 0 Å². The van der Waals surface area contributed by atoms with Crippen LogP contribution in [0.5, 0.6) is 0 Å². The molecule has 1 aliphatic heterocycles. The number of amides is 1. The Hall–Kier alpha value is -1.97. The molecule has 1 aromatic carbocycles. The van der Waals surface area contributed by atoms with Gasteiger partial charge in [0, 0.05) is 18.4 Å². The molecule has 0 radical (unpaired) electrons. The van der Waals surface area contributed by atoms with Gasteiger partial charge in [0.25, 0.3) is 0 Å². The van der Waals surface area contributed by atoms with Crippen molar-refractivity contribution in [1.29, 1.82) is 0 Å². The summed E-state index contributed by atoms with van der Waals surface area (Å²) in [7, 11) is 0. The molecule has 0 aliphatic carbocycles. The minimum Gasteiger partial charge on any atom is -0.447 e. The number of para-hydroxylation sites is 1. The Morgan fingerprint density at radius 2 is 2.19 bits per heavy atom. The zero-order valence-corrected chi connectivity index (χ0v) is 8.93. The lowest BCUT2D eigenvalue weighted by atomic mass is 10.3. The summed E-state index contributed by atoms with van der Waals surface area (Å²) in [6, 6.07) is 9.92. The van der Waals surface area contributed by atoms with Crippen LogP contribution in [0.3, 0.4) is 0 Å². The van der Waals surface area contributed by atoms with Gasteiger partial charge in [-0.2, -0.15) is 0 Å². The Morgan fingerprint density at radius 1 is 1.38 bits per heavy atom. The molecule has 1 N–H and O–H groups in total. The van der Waals surface area contributed by atoms with E-state index in [9.17, 15) is 4.79 Å². The third kappa shape index (κ3) is 2.76. The molecule has 1 saturated heterocycles. The highest BCUT2D eigenvalue weighted by Gasteiger charge is 2.18. The first-order chi connectivity index (χ1) is 7.86. The van der Waals surface area contributed by atoms with E-state index in [2.05, 4.69) is 5.32 Å². The van der Waals surface area contributed by atoms with Crippen LogP contribution in [0.1, 0.15) is 0 Å². The van der Waals surface area contributed by atoms with Crippen LogP contribution in [0.2, 0.25) is 0 Å². The number of nitrogens with one attached hydrogen (secondary N) is 1. The molecule has 1 amide bonds. The van der Waals surface area contributed by atoms with Gasteiger partial charge in [-0.05, 0) is 18.2 Å². The molecule has 1 fully saturated rings. The van der Waals surface area contributed by atoms with Crippen molar-refractivity contribution in [3.63, 3.8) is 0 Å². The van der Waals surface area contributed by atoms with Gasteiger partial charge in [-0.25, -0.2) is 4.79 Å². The van der Waals surface area contributed by atoms with E-state index in [-0.39, 0.29) is 6.09 Å². The number of nitrogens with zero attached hydrogens (tertiary/aromatic N) is 1. The van der Waals surface area contributed by atoms with Gasteiger partial charge in [0.2, 0.25) is 0 Å². The van der Waals surface area contributed by atoms with E-state index < -0.39 is 0 Å². The summed E-state index contributed by atoms with van der Waals surface area (Å²) in [4.78, 5) is 12.6. The molecule has 0 atom stereocenters. The maximum Gasteiger partial charge on any atom is 0.413 e. The third-order valence-electron chi connectivity index (χ3n) is 2.28. The maximum atomic E-state index is 11.1. The number of hydrogen-bond acceptors (Lipinski definition) is 3. The fourth-order valence-corrected chi connectivity index (χ4v) is 1.45. The molecule has 0 unspecified atom stereocenters. The minimum atomic E-state index is -0.268. The van der Waals surface area contributed by atoms with Crippen LogP contribution < -0.4 is 5.32 Å². The SMILES string of the molecule is O=C1OCCN1/C=C/CNc1ccccc1. The van der Waals surface area contributed by atoms with Crippen LogP contribution in [0.15, 0.2) is 42.6 Å². The van der Waals surface area contributed by atoms with Crippen LogP contribution >= 0.6 is 0 Å². The van der Waals surface area contributed by atoms with E-state index in [1.807, 2.05) is 36.4 Å². The Labute approximate surface area is 94.5 Å². The molecule has 0 saturated carbocycles. The van der Waals surface area contributed by atoms with Gasteiger partial charge < -0.3 is 10.1 Å². The van der Waals surface area contributed by atoms with E-state index in [4.69, 9.17) is 4.74 Å². The van der Waals surface area contributed by atoms with Crippen LogP contribution in [0, 0.1) is 0 Å². The number of benzene rings is 1. The van der Waals surface area contributed by atoms with E-state index >= 15 is 0 Å². The second kappa shape index (κ2) is 5.21. The van der Waals surface area contributed by atoms with Crippen molar-refractivity contribution < 1.29 is 9.53 Å². The normalized spacial score (nSPS) is 15.5. The summed E-state index contributed by atoms with van der Waals surface area (Å²) in [6.07, 6.45) is 3.39. The van der Waals surface area contributed by atoms with Gasteiger partial charge >= 0.3 is 6.09 Å². The molecule has 1 heterocycles. The van der Waals surface area contributed by atoms with Crippen molar-refractivity contribution in [1.82, 2.24) is 4.90 Å². The molecule has 4 nitrogen and oxygen atoms in total. The molecule has 2 rings (SSSR count). The van der Waals surface area contributed by atoms with Crippen LogP contribution in [-0.2, 0) is 4.74 Å². The highest BCUT2D eigenvalue weighted by Crippen LogP contribution is 2.05. The minimum absolute atomic E-state index is 0.268. The monoisotopic (exact) mass is 218 g/mol. The van der Waals surface area contributed by atoms with Crippen molar-refractivity contribution in [2.75, 3.05) is 25.0 Å². The summed E-state index contributed by atoms with van der Waals surface area (Å²) >= 11 is 0. The molecule has 0 spiro atoms. The lowest BCUT2D eigenvalue weighted by Crippen LogP contribution is -2.17. The molecular weight excluding hydrogens is 204 g/mol. The van der Waals surface area contributed by atoms with Crippen LogP contribution in [0.25, 0.3) is 0 Å². The first kappa shape index (κ1) is 10.5. The summed E-state index contributed by atoms with van der Waals surface area (Å²) in [5, 5.41) is 3.22. The molecule has 16 heavy (non-hydrogen) atoms. The Kier molecular flexibility index (Phi) is 3.43. The van der Waals surface area contributed by atoms with Crippen LogP contribution in [0.4, 0.5) is 10.5 Å². The number of cyclic esters (lactones) is 1. The smallest absolute Gasteiger partial charge is 0.413 e. The van der Waals surface area contributed by atoms with E-state index in [1.165, 1.54) is 0 Å². The largest absolute Gasteiger partial charge is 0.447 e. The highest BCUT2D eigenvalue weighted by molar-refractivity contribution is 5.70. The van der Waals surface area contributed by atoms with E-state index in [1.54, 1.807) is 11.1 Å². The number of rotatable bonds is 4. The molecule has 84 valence electrons. The predicted molar refractivity (Wildman–Crippen MR) is 62.1 cm³/mol. The van der Waals surface area contributed by atoms with E-state index in [0.717, 1.165) is 5.69 Å². The fraction of sp³-hybridized carbons (Fsp3) is 0.250. The Bertz CT molecular complexity index is 376. The second-order valence-corrected chi connectivity index (χ2v) is 3.44. The summed E-state index contributed by atoms with van der Waals surface area (Å²) in [5.74, 6) is 0. The number of anilines is 1. The lowest BCUT2D eigenvalue weighted by molar-refractivity contribution is 0.166. The van der Waals surface area contributed by atoms with Gasteiger partial charge in [-0.1, -0.05) is 18.2 Å². The maximum absolute atomic E-state index is 11.1. The molecule has 1 aliphatic rings. The van der Waals surface area contributed by atoms with Gasteiger partial charge in [-0.15, -0.1) is 0 Å². The molecule has 1 aromatic rings. The van der Waals surface area contributed by atoms with Gasteiger partial charge in [0.05, 0.1) is 6.54 Å². The third-order valence-corrected chi connectivity index (χ3v) is 2.28. The first-order valence-electron chi connectivity index (χ1n) is 5.25. The number of carbonyl (C=O) groups is 1. The average Bonchev–Trinajstić information content (AvgIpc) is 2.72. The average molecular weight is 218 g/mol. The number of hydrogen-bond donors (Lipinski definition) is 1. The Balaban J connectivity index is 1.75. The molecule has 0 bridgehead atoms. The van der Waals surface area contributed by atoms with Crippen LogP contribution in [-0.4, -0.2) is 30.7 Å². The van der Waals surface area contributed by atoms with Crippen molar-refractivity contribution in [3.05, 3.63) is 42.6 Å². The van der Waals surface area contributed by atoms with E-state index in [0.29, 0.717) is 19.7 Å². The first-order valence-corrected chi connectivity index (χ1v) is 5.25. The summed E-state index contributed by atoms with van der Waals surface area (Å²) < 4.78 is 4.80. The summed E-state index contributed by atoms with van der Waals surface area (Å²) in [6.45, 7) is 1.81. The van der Waals surface area contributed by atoms with Crippen molar-refractivity contribution >= 4 is 11.8 Å². The zero-order chi connectivity index (χ0) is 11.2. The van der Waals surface area contributed by atoms with Crippen molar-refractivity contribution in [2.45, 2.75) is 0 Å². The van der Waals surface area contributed by atoms with Gasteiger partial charge in [0.1, 0.15) is 6.61 Å². The quantitative estimate of drug-likeness (QED) is 0.841. The standard InChI is InChI=1S/C12H14N2O2/c15-12-14(9-10-16-12)8-4-7-13-11-5-2-1-3-6-11/h1-6,8,13H,7,9-10H2/b8-4+. The molecule has 4 heteroatoms. The lowest BCUT2D eigenvalue weighted by Gasteiger charge is -2.05. The Morgan fingerprint density at radius 3 is 2.88 bits per heavy atom. The van der Waals surface area contributed by atoms with Gasteiger partial charge in [0.15, 0.2) is 0 Å². The topological polar surface area (TPSA) is 41.6 Å². The molecular formula is C12H14N2O2. The number of ether oxygens (including phenoxy) is 1. The second-order valence-electron chi connectivity index (χ2n) is 3.44. The predicted octanol–water partition coefficient (Wildman–Crippen LogP) is 2.06. The highest BCUT2D eigenvalue weighted by atomic mass is 16.6. The molecule has 0 aromatic heterocycles. The fourth-order valence-electron chi connectivity index (χ4n) is 1.45. The zero-order valence-electron chi connectivity index (χ0n) is 8.93.